The number of furan rings is 1. The van der Waals surface area contributed by atoms with Gasteiger partial charge in [0, 0.05) is 32.8 Å². The van der Waals surface area contributed by atoms with Crippen molar-refractivity contribution in [2.24, 2.45) is 0 Å². The number of rotatable bonds is 5. The van der Waals surface area contributed by atoms with Crippen LogP contribution < -0.4 is 4.90 Å². The van der Waals surface area contributed by atoms with Gasteiger partial charge in [0.15, 0.2) is 0 Å². The molecule has 0 saturated heterocycles. The monoisotopic (exact) mass is 587 g/mol. The van der Waals surface area contributed by atoms with Crippen LogP contribution in [-0.2, 0) is 0 Å². The van der Waals surface area contributed by atoms with E-state index in [1.54, 1.807) is 0 Å². The molecule has 0 aliphatic heterocycles. The Morgan fingerprint density at radius 2 is 0.978 bits per heavy atom. The average molecular weight is 588 g/mol. The Morgan fingerprint density at radius 3 is 1.83 bits per heavy atom. The minimum atomic E-state index is 0.906. The molecule has 0 N–H and O–H groups in total. The van der Waals surface area contributed by atoms with Gasteiger partial charge in [-0.05, 0) is 63.9 Å². The second kappa shape index (κ2) is 10.8. The van der Waals surface area contributed by atoms with E-state index in [-0.39, 0.29) is 0 Å². The molecule has 0 fully saturated rings. The van der Waals surface area contributed by atoms with Crippen LogP contribution in [0.5, 0.6) is 0 Å². The molecule has 9 rings (SSSR count). The van der Waals surface area contributed by atoms with Crippen LogP contribution in [0.3, 0.4) is 0 Å². The Hall–Kier alpha value is -6.12. The Bertz CT molecular complexity index is 2520. The minimum Gasteiger partial charge on any atom is -0.455 e. The van der Waals surface area contributed by atoms with Crippen LogP contribution in [0, 0.1) is 0 Å². The number of anilines is 3. The summed E-state index contributed by atoms with van der Waals surface area (Å²) in [6, 6.07) is 62.8. The average Bonchev–Trinajstić information content (AvgIpc) is 3.51. The molecule has 0 atom stereocenters. The highest BCUT2D eigenvalue weighted by Crippen LogP contribution is 2.47. The molecule has 2 heteroatoms. The summed E-state index contributed by atoms with van der Waals surface area (Å²) in [5.74, 6) is 0. The number of hydrogen-bond acceptors (Lipinski definition) is 2. The van der Waals surface area contributed by atoms with E-state index in [0.717, 1.165) is 50.0 Å². The van der Waals surface area contributed by atoms with Gasteiger partial charge in [-0.3, -0.25) is 0 Å². The molecule has 0 radical (unpaired) electrons. The smallest absolute Gasteiger partial charge is 0.143 e. The Morgan fingerprint density at radius 1 is 0.370 bits per heavy atom. The van der Waals surface area contributed by atoms with Crippen molar-refractivity contribution in [1.29, 1.82) is 0 Å². The molecule has 216 valence electrons. The molecule has 0 aliphatic carbocycles. The summed E-state index contributed by atoms with van der Waals surface area (Å²) in [5, 5.41) is 6.95. The standard InChI is InChI=1S/C44H29NO/c1-2-13-30(14-3-1)31-25-27-33(28-26-31)45(41-23-12-16-32-15-4-5-17-34(32)41)42-22-10-8-19-36(42)39-29-40-37-20-9-11-24-43(37)46-44(40)38-21-7-6-18-35(38)39/h1-29H. The molecule has 0 unspecified atom stereocenters. The lowest BCUT2D eigenvalue weighted by molar-refractivity contribution is 0.672. The minimum absolute atomic E-state index is 0.906. The quantitative estimate of drug-likeness (QED) is 0.199. The molecule has 0 saturated carbocycles. The molecule has 0 aliphatic rings. The first-order valence-electron chi connectivity index (χ1n) is 15.7. The molecule has 1 heterocycles. The van der Waals surface area contributed by atoms with Crippen molar-refractivity contribution >= 4 is 60.5 Å². The molecule has 0 bridgehead atoms. The fraction of sp³-hybridized carbons (Fsp3) is 0. The van der Waals surface area contributed by atoms with Crippen LogP contribution in [0.15, 0.2) is 180 Å². The van der Waals surface area contributed by atoms with Crippen LogP contribution in [-0.4, -0.2) is 0 Å². The predicted octanol–water partition coefficient (Wildman–Crippen LogP) is 12.7. The molecular formula is C44H29NO. The van der Waals surface area contributed by atoms with E-state index in [9.17, 15) is 0 Å². The first kappa shape index (κ1) is 26.3. The summed E-state index contributed by atoms with van der Waals surface area (Å²) in [6.07, 6.45) is 0. The summed E-state index contributed by atoms with van der Waals surface area (Å²) in [7, 11) is 0. The highest BCUT2D eigenvalue weighted by atomic mass is 16.3. The van der Waals surface area contributed by atoms with Crippen molar-refractivity contribution in [3.05, 3.63) is 176 Å². The van der Waals surface area contributed by atoms with E-state index in [1.807, 2.05) is 6.07 Å². The number of nitrogens with zero attached hydrogens (tertiary/aromatic N) is 1. The molecule has 0 amide bonds. The maximum Gasteiger partial charge on any atom is 0.143 e. The fourth-order valence-corrected chi connectivity index (χ4v) is 6.91. The predicted molar refractivity (Wildman–Crippen MR) is 194 cm³/mol. The van der Waals surface area contributed by atoms with Gasteiger partial charge in [-0.25, -0.2) is 0 Å². The van der Waals surface area contributed by atoms with E-state index in [2.05, 4.69) is 175 Å². The Kier molecular flexibility index (Phi) is 6.17. The Labute approximate surface area is 267 Å². The van der Waals surface area contributed by atoms with E-state index in [4.69, 9.17) is 4.42 Å². The first-order chi connectivity index (χ1) is 22.8. The van der Waals surface area contributed by atoms with Crippen molar-refractivity contribution < 1.29 is 4.42 Å². The number of fused-ring (bicyclic) bond motifs is 6. The number of hydrogen-bond donors (Lipinski definition) is 0. The van der Waals surface area contributed by atoms with Crippen molar-refractivity contribution in [3.63, 3.8) is 0 Å². The van der Waals surface area contributed by atoms with Crippen LogP contribution >= 0.6 is 0 Å². The largest absolute Gasteiger partial charge is 0.455 e. The molecule has 9 aromatic rings. The zero-order valence-electron chi connectivity index (χ0n) is 25.1. The van der Waals surface area contributed by atoms with Crippen molar-refractivity contribution in [3.8, 4) is 22.3 Å². The lowest BCUT2D eigenvalue weighted by Crippen LogP contribution is -2.11. The molecular weight excluding hydrogens is 558 g/mol. The SMILES string of the molecule is c1ccc(-c2ccc(N(c3ccccc3-c3cc4c5ccccc5oc4c4ccccc34)c3cccc4ccccc34)cc2)cc1. The summed E-state index contributed by atoms with van der Waals surface area (Å²) < 4.78 is 6.46. The molecule has 46 heavy (non-hydrogen) atoms. The van der Waals surface area contributed by atoms with Crippen LogP contribution in [0.1, 0.15) is 0 Å². The van der Waals surface area contributed by atoms with Gasteiger partial charge >= 0.3 is 0 Å². The second-order valence-corrected chi connectivity index (χ2v) is 11.7. The van der Waals surface area contributed by atoms with Crippen LogP contribution in [0.25, 0.3) is 65.7 Å². The molecule has 2 nitrogen and oxygen atoms in total. The highest BCUT2D eigenvalue weighted by molar-refractivity contribution is 6.20. The first-order valence-corrected chi connectivity index (χ1v) is 15.7. The zero-order chi connectivity index (χ0) is 30.5. The third-order valence-electron chi connectivity index (χ3n) is 9.06. The zero-order valence-corrected chi connectivity index (χ0v) is 25.1. The Balaban J connectivity index is 1.32. The molecule has 8 aromatic carbocycles. The highest BCUT2D eigenvalue weighted by Gasteiger charge is 2.22. The maximum absolute atomic E-state index is 6.46. The molecule has 0 spiro atoms. The van der Waals surface area contributed by atoms with E-state index >= 15 is 0 Å². The fourth-order valence-electron chi connectivity index (χ4n) is 6.91. The van der Waals surface area contributed by atoms with Crippen molar-refractivity contribution in [1.82, 2.24) is 0 Å². The van der Waals surface area contributed by atoms with Crippen LogP contribution in [0.2, 0.25) is 0 Å². The normalized spacial score (nSPS) is 11.5. The lowest BCUT2D eigenvalue weighted by atomic mass is 9.93. The van der Waals surface area contributed by atoms with Crippen molar-refractivity contribution in [2.45, 2.75) is 0 Å². The van der Waals surface area contributed by atoms with Crippen molar-refractivity contribution in [2.75, 3.05) is 4.90 Å². The lowest BCUT2D eigenvalue weighted by Gasteiger charge is -2.29. The van der Waals surface area contributed by atoms with E-state index < -0.39 is 0 Å². The summed E-state index contributed by atoms with van der Waals surface area (Å²) >= 11 is 0. The number of para-hydroxylation sites is 2. The van der Waals surface area contributed by atoms with Gasteiger partial charge < -0.3 is 9.32 Å². The summed E-state index contributed by atoms with van der Waals surface area (Å²) in [4.78, 5) is 2.42. The van der Waals surface area contributed by atoms with Gasteiger partial charge in [0.25, 0.3) is 0 Å². The topological polar surface area (TPSA) is 16.4 Å². The van der Waals surface area contributed by atoms with Gasteiger partial charge in [-0.2, -0.15) is 0 Å². The maximum atomic E-state index is 6.46. The van der Waals surface area contributed by atoms with E-state index in [1.165, 1.54) is 32.8 Å². The summed E-state index contributed by atoms with van der Waals surface area (Å²) in [6.45, 7) is 0. The van der Waals surface area contributed by atoms with Crippen LogP contribution in [0.4, 0.5) is 17.1 Å². The van der Waals surface area contributed by atoms with Gasteiger partial charge in [0.1, 0.15) is 11.2 Å². The van der Waals surface area contributed by atoms with Gasteiger partial charge in [0.2, 0.25) is 0 Å². The summed E-state index contributed by atoms with van der Waals surface area (Å²) in [5.41, 5.74) is 9.92. The number of benzene rings is 8. The van der Waals surface area contributed by atoms with Gasteiger partial charge in [0.05, 0.1) is 11.4 Å². The molecule has 1 aromatic heterocycles. The third kappa shape index (κ3) is 4.27. The third-order valence-corrected chi connectivity index (χ3v) is 9.06. The van der Waals surface area contributed by atoms with Gasteiger partial charge in [-0.15, -0.1) is 0 Å². The second-order valence-electron chi connectivity index (χ2n) is 11.7. The van der Waals surface area contributed by atoms with E-state index in [0.29, 0.717) is 0 Å². The van der Waals surface area contributed by atoms with Gasteiger partial charge in [-0.1, -0.05) is 140 Å².